The van der Waals surface area contributed by atoms with Crippen LogP contribution in [0.25, 0.3) is 0 Å². The van der Waals surface area contributed by atoms with Gasteiger partial charge in [0.05, 0.1) is 25.1 Å². The van der Waals surface area contributed by atoms with Crippen molar-refractivity contribution in [3.05, 3.63) is 24.2 Å². The maximum Gasteiger partial charge on any atom is 0.246 e. The highest BCUT2D eigenvalue weighted by Crippen LogP contribution is 2.42. The van der Waals surface area contributed by atoms with Gasteiger partial charge in [0.1, 0.15) is 16.5 Å². The number of anilines is 1. The van der Waals surface area contributed by atoms with Crippen LogP contribution in [-0.4, -0.2) is 71.4 Å². The number of methoxy groups -OCH3 is 1. The second-order valence-corrected chi connectivity index (χ2v) is 11.0. The summed E-state index contributed by atoms with van der Waals surface area (Å²) in [5.74, 6) is 0.625. The Kier molecular flexibility index (Phi) is 6.56. The first-order valence-electron chi connectivity index (χ1n) is 10.9. The first-order chi connectivity index (χ1) is 15.7. The smallest absolute Gasteiger partial charge is 0.246 e. The van der Waals surface area contributed by atoms with Gasteiger partial charge < -0.3 is 14.8 Å². The molecular weight excluding hydrogens is 446 g/mol. The first kappa shape index (κ1) is 23.4. The Hall–Kier alpha value is -2.75. The van der Waals surface area contributed by atoms with Crippen LogP contribution in [0, 0.1) is 16.7 Å². The van der Waals surface area contributed by atoms with Gasteiger partial charge in [0.25, 0.3) is 0 Å². The third-order valence-electron chi connectivity index (χ3n) is 6.31. The number of nitrogens with one attached hydrogen (secondary N) is 1. The maximum absolute atomic E-state index is 12.8. The maximum atomic E-state index is 12.8. The lowest BCUT2D eigenvalue weighted by Gasteiger charge is -2.43. The molecule has 2 aromatic heterocycles. The Morgan fingerprint density at radius 2 is 2.03 bits per heavy atom. The van der Waals surface area contributed by atoms with Crippen LogP contribution in [0.15, 0.2) is 23.5 Å². The van der Waals surface area contributed by atoms with Gasteiger partial charge in [0, 0.05) is 44.9 Å². The van der Waals surface area contributed by atoms with Crippen molar-refractivity contribution < 1.29 is 17.9 Å². The van der Waals surface area contributed by atoms with E-state index in [0.717, 1.165) is 12.8 Å². The molecule has 2 aliphatic rings. The molecule has 0 spiro atoms. The van der Waals surface area contributed by atoms with Gasteiger partial charge in [-0.25, -0.2) is 13.4 Å². The zero-order chi connectivity index (χ0) is 23.6. The fourth-order valence-corrected chi connectivity index (χ4v) is 5.75. The summed E-state index contributed by atoms with van der Waals surface area (Å²) in [4.78, 5) is 8.85. The van der Waals surface area contributed by atoms with Gasteiger partial charge in [-0.15, -0.1) is 0 Å². The van der Waals surface area contributed by atoms with E-state index in [1.165, 1.54) is 27.6 Å². The SMILES string of the molecule is COC1CC(C)(COc2nc(NC3CCN(S(=O)(=O)c4cnn(C)c4)CC3)ncc2C#N)C1. The van der Waals surface area contributed by atoms with Crippen LogP contribution in [0.3, 0.4) is 0 Å². The summed E-state index contributed by atoms with van der Waals surface area (Å²) in [5, 5.41) is 16.6. The highest BCUT2D eigenvalue weighted by molar-refractivity contribution is 7.89. The summed E-state index contributed by atoms with van der Waals surface area (Å²) >= 11 is 0. The number of nitriles is 1. The van der Waals surface area contributed by atoms with Crippen molar-refractivity contribution >= 4 is 16.0 Å². The van der Waals surface area contributed by atoms with Crippen molar-refractivity contribution in [1.82, 2.24) is 24.1 Å². The molecule has 12 heteroatoms. The van der Waals surface area contributed by atoms with Crippen LogP contribution in [-0.2, 0) is 21.8 Å². The minimum absolute atomic E-state index is 0.00145. The largest absolute Gasteiger partial charge is 0.476 e. The van der Waals surface area contributed by atoms with E-state index in [-0.39, 0.29) is 33.9 Å². The lowest BCUT2D eigenvalue weighted by Crippen LogP contribution is -2.43. The van der Waals surface area contributed by atoms with Crippen molar-refractivity contribution in [3.8, 4) is 11.9 Å². The average molecular weight is 476 g/mol. The predicted octanol–water partition coefficient (Wildman–Crippen LogP) is 1.54. The van der Waals surface area contributed by atoms with Crippen LogP contribution in [0.5, 0.6) is 5.88 Å². The number of sulfonamides is 1. The van der Waals surface area contributed by atoms with Gasteiger partial charge in [-0.3, -0.25) is 4.68 Å². The Morgan fingerprint density at radius 3 is 2.64 bits per heavy atom. The number of aryl methyl sites for hydroxylation is 1. The standard InChI is InChI=1S/C21H29N7O4S/c1-21(8-17(9-21)31-3)14-32-19-15(10-22)11-23-20(26-19)25-16-4-6-28(7-5-16)33(29,30)18-12-24-27(2)13-18/h11-13,16-17H,4-9,14H2,1-3H3,(H,23,25,26). The molecule has 33 heavy (non-hydrogen) atoms. The first-order valence-corrected chi connectivity index (χ1v) is 12.3. The topological polar surface area (TPSA) is 135 Å². The van der Waals surface area contributed by atoms with E-state index < -0.39 is 10.0 Å². The lowest BCUT2D eigenvalue weighted by molar-refractivity contribution is -0.0696. The summed E-state index contributed by atoms with van der Waals surface area (Å²) < 4.78 is 39.8. The molecule has 2 aromatic rings. The van der Waals surface area contributed by atoms with Crippen molar-refractivity contribution in [1.29, 1.82) is 5.26 Å². The minimum Gasteiger partial charge on any atom is -0.476 e. The number of rotatable bonds is 8. The fourth-order valence-electron chi connectivity index (χ4n) is 4.29. The Balaban J connectivity index is 1.35. The van der Waals surface area contributed by atoms with Crippen molar-refractivity contribution in [2.24, 2.45) is 12.5 Å². The van der Waals surface area contributed by atoms with E-state index in [9.17, 15) is 13.7 Å². The molecule has 4 rings (SSSR count). The number of nitrogens with zero attached hydrogens (tertiary/aromatic N) is 6. The van der Waals surface area contributed by atoms with E-state index >= 15 is 0 Å². The van der Waals surface area contributed by atoms with Gasteiger partial charge >= 0.3 is 0 Å². The Morgan fingerprint density at radius 1 is 1.30 bits per heavy atom. The molecule has 1 aliphatic heterocycles. The number of hydrogen-bond acceptors (Lipinski definition) is 9. The summed E-state index contributed by atoms with van der Waals surface area (Å²) in [6.07, 6.45) is 7.60. The van der Waals surface area contributed by atoms with Gasteiger partial charge in [-0.05, 0) is 25.7 Å². The highest BCUT2D eigenvalue weighted by atomic mass is 32.2. The third kappa shape index (κ3) is 5.10. The molecule has 2 fully saturated rings. The van der Waals surface area contributed by atoms with E-state index in [4.69, 9.17) is 9.47 Å². The molecule has 11 nitrogen and oxygen atoms in total. The number of hydrogen-bond donors (Lipinski definition) is 1. The monoisotopic (exact) mass is 475 g/mol. The molecule has 0 amide bonds. The van der Waals surface area contributed by atoms with Gasteiger partial charge in [0.2, 0.25) is 21.9 Å². The van der Waals surface area contributed by atoms with E-state index in [0.29, 0.717) is 38.5 Å². The van der Waals surface area contributed by atoms with E-state index in [1.807, 2.05) is 0 Å². The molecule has 1 saturated carbocycles. The fraction of sp³-hybridized carbons (Fsp3) is 0.619. The average Bonchev–Trinajstić information content (AvgIpc) is 3.23. The van der Waals surface area contributed by atoms with Gasteiger partial charge in [-0.1, -0.05) is 6.92 Å². The van der Waals surface area contributed by atoms with Gasteiger partial charge in [-0.2, -0.15) is 19.6 Å². The van der Waals surface area contributed by atoms with Crippen molar-refractivity contribution in [2.75, 3.05) is 32.1 Å². The van der Waals surface area contributed by atoms with Crippen LogP contribution in [0.4, 0.5) is 5.95 Å². The number of aromatic nitrogens is 4. The van der Waals surface area contributed by atoms with E-state index in [1.54, 1.807) is 14.2 Å². The molecule has 0 aromatic carbocycles. The Bertz CT molecular complexity index is 1130. The number of piperidine rings is 1. The molecule has 0 radical (unpaired) electrons. The molecule has 3 heterocycles. The Labute approximate surface area is 193 Å². The lowest BCUT2D eigenvalue weighted by atomic mass is 9.69. The molecule has 0 bridgehead atoms. The molecule has 0 unspecified atom stereocenters. The minimum atomic E-state index is -3.55. The molecule has 1 aliphatic carbocycles. The summed E-state index contributed by atoms with van der Waals surface area (Å²) in [5.41, 5.74) is 0.280. The van der Waals surface area contributed by atoms with E-state index in [2.05, 4.69) is 33.4 Å². The number of ether oxygens (including phenoxy) is 2. The van der Waals surface area contributed by atoms with Crippen molar-refractivity contribution in [3.63, 3.8) is 0 Å². The molecule has 1 saturated heterocycles. The normalized spacial score (nSPS) is 24.1. The molecule has 1 N–H and O–H groups in total. The van der Waals surface area contributed by atoms with Crippen LogP contribution in [0.1, 0.15) is 38.2 Å². The quantitative estimate of drug-likeness (QED) is 0.603. The molecular formula is C21H29N7O4S. The van der Waals surface area contributed by atoms with Crippen LogP contribution in [0.2, 0.25) is 0 Å². The summed E-state index contributed by atoms with van der Waals surface area (Å²) in [6.45, 7) is 3.34. The summed E-state index contributed by atoms with van der Waals surface area (Å²) in [7, 11) is -0.155. The second kappa shape index (κ2) is 9.24. The summed E-state index contributed by atoms with van der Waals surface area (Å²) in [6, 6.07) is 2.09. The van der Waals surface area contributed by atoms with Crippen molar-refractivity contribution in [2.45, 2.75) is 49.6 Å². The van der Waals surface area contributed by atoms with Crippen LogP contribution < -0.4 is 10.1 Å². The zero-order valence-corrected chi connectivity index (χ0v) is 19.9. The zero-order valence-electron chi connectivity index (χ0n) is 19.1. The second-order valence-electron chi connectivity index (χ2n) is 9.06. The predicted molar refractivity (Wildman–Crippen MR) is 119 cm³/mol. The third-order valence-corrected chi connectivity index (χ3v) is 8.16. The highest BCUT2D eigenvalue weighted by Gasteiger charge is 2.41. The van der Waals surface area contributed by atoms with Gasteiger partial charge in [0.15, 0.2) is 0 Å². The van der Waals surface area contributed by atoms with Crippen LogP contribution >= 0.6 is 0 Å². The molecule has 0 atom stereocenters. The molecule has 178 valence electrons.